The Kier molecular flexibility index (Phi) is 9.68. The number of hydrogen-bond acceptors (Lipinski definition) is 3. The summed E-state index contributed by atoms with van der Waals surface area (Å²) >= 11 is 0. The molecule has 0 amide bonds. The van der Waals surface area contributed by atoms with Crippen LogP contribution in [0.4, 0.5) is 0 Å². The van der Waals surface area contributed by atoms with E-state index in [-0.39, 0.29) is 11.8 Å². The van der Waals surface area contributed by atoms with Crippen LogP contribution in [0, 0.1) is 0 Å². The molecule has 110 valence electrons. The molecule has 0 fully saturated rings. The predicted octanol–water partition coefficient (Wildman–Crippen LogP) is 2.22. The Balaban J connectivity index is 3.92. The molecule has 1 unspecified atom stereocenters. The average Bonchev–Trinajstić information content (AvgIpc) is 2.33. The zero-order valence-corrected chi connectivity index (χ0v) is 13.2. The van der Waals surface area contributed by atoms with E-state index in [9.17, 15) is 8.42 Å². The van der Waals surface area contributed by atoms with E-state index >= 15 is 0 Å². The van der Waals surface area contributed by atoms with Gasteiger partial charge in [0.2, 0.25) is 10.0 Å². The van der Waals surface area contributed by atoms with Gasteiger partial charge in [0.1, 0.15) is 0 Å². The van der Waals surface area contributed by atoms with E-state index in [4.69, 9.17) is 0 Å². The quantitative estimate of drug-likeness (QED) is 0.590. The van der Waals surface area contributed by atoms with E-state index in [0.717, 1.165) is 45.2 Å². The van der Waals surface area contributed by atoms with Gasteiger partial charge in [0.25, 0.3) is 0 Å². The van der Waals surface area contributed by atoms with Crippen LogP contribution >= 0.6 is 0 Å². The molecule has 4 nitrogen and oxygen atoms in total. The largest absolute Gasteiger partial charge is 0.317 e. The Morgan fingerprint density at radius 1 is 1.11 bits per heavy atom. The predicted molar refractivity (Wildman–Crippen MR) is 78.3 cm³/mol. The minimum Gasteiger partial charge on any atom is -0.317 e. The van der Waals surface area contributed by atoms with Crippen molar-refractivity contribution in [2.75, 3.05) is 25.9 Å². The topological polar surface area (TPSA) is 49.4 Å². The van der Waals surface area contributed by atoms with Crippen LogP contribution < -0.4 is 5.32 Å². The summed E-state index contributed by atoms with van der Waals surface area (Å²) in [7, 11) is -1.37. The van der Waals surface area contributed by atoms with Gasteiger partial charge >= 0.3 is 0 Å². The minimum absolute atomic E-state index is 0.109. The Morgan fingerprint density at radius 2 is 1.78 bits per heavy atom. The molecule has 0 saturated heterocycles. The van der Waals surface area contributed by atoms with Gasteiger partial charge in [-0.15, -0.1) is 0 Å². The molecule has 0 heterocycles. The van der Waals surface area contributed by atoms with Crippen LogP contribution in [0.5, 0.6) is 0 Å². The first-order valence-corrected chi connectivity index (χ1v) is 8.73. The Hall–Kier alpha value is -0.130. The van der Waals surface area contributed by atoms with Crippen molar-refractivity contribution in [3.05, 3.63) is 0 Å². The number of hydrogen-bond donors (Lipinski definition) is 1. The molecule has 0 aromatic heterocycles. The Labute approximate surface area is 113 Å². The van der Waals surface area contributed by atoms with Gasteiger partial charge in [-0.25, -0.2) is 12.7 Å². The number of sulfonamides is 1. The van der Waals surface area contributed by atoms with Crippen molar-refractivity contribution in [1.29, 1.82) is 0 Å². The molecule has 0 aliphatic rings. The third-order valence-electron chi connectivity index (χ3n) is 3.20. The van der Waals surface area contributed by atoms with Crippen LogP contribution in [0.1, 0.15) is 52.9 Å². The maximum Gasteiger partial charge on any atom is 0.214 e. The molecule has 1 atom stereocenters. The summed E-state index contributed by atoms with van der Waals surface area (Å²) in [6, 6.07) is 0.109. The summed E-state index contributed by atoms with van der Waals surface area (Å²) in [6.07, 6.45) is 4.72. The van der Waals surface area contributed by atoms with Crippen molar-refractivity contribution in [3.63, 3.8) is 0 Å². The van der Waals surface area contributed by atoms with Crippen LogP contribution in [0.15, 0.2) is 0 Å². The van der Waals surface area contributed by atoms with Crippen molar-refractivity contribution < 1.29 is 8.42 Å². The van der Waals surface area contributed by atoms with E-state index in [1.807, 2.05) is 6.92 Å². The van der Waals surface area contributed by atoms with Crippen LogP contribution in [0.25, 0.3) is 0 Å². The number of unbranched alkanes of at least 4 members (excludes halogenated alkanes) is 1. The number of nitrogens with one attached hydrogen (secondary N) is 1. The lowest BCUT2D eigenvalue weighted by atomic mass is 10.2. The van der Waals surface area contributed by atoms with Crippen molar-refractivity contribution in [2.45, 2.75) is 58.9 Å². The summed E-state index contributed by atoms with van der Waals surface area (Å²) in [6.45, 7) is 8.11. The van der Waals surface area contributed by atoms with E-state index in [1.165, 1.54) is 4.31 Å². The number of nitrogens with zero attached hydrogens (tertiary/aromatic N) is 1. The lowest BCUT2D eigenvalue weighted by Crippen LogP contribution is -2.36. The highest BCUT2D eigenvalue weighted by atomic mass is 32.2. The van der Waals surface area contributed by atoms with Gasteiger partial charge < -0.3 is 5.32 Å². The normalized spacial score (nSPS) is 14.1. The fourth-order valence-corrected chi connectivity index (χ4v) is 3.36. The van der Waals surface area contributed by atoms with Crippen molar-refractivity contribution >= 4 is 10.0 Å². The molecule has 0 saturated carbocycles. The highest BCUT2D eigenvalue weighted by Crippen LogP contribution is 2.11. The highest BCUT2D eigenvalue weighted by Gasteiger charge is 2.21. The van der Waals surface area contributed by atoms with Gasteiger partial charge in [-0.3, -0.25) is 0 Å². The molecule has 0 spiro atoms. The van der Waals surface area contributed by atoms with Crippen LogP contribution in [0.2, 0.25) is 0 Å². The van der Waals surface area contributed by atoms with E-state index < -0.39 is 10.0 Å². The molecular weight excluding hydrogens is 248 g/mol. The van der Waals surface area contributed by atoms with Gasteiger partial charge in [0, 0.05) is 13.1 Å². The van der Waals surface area contributed by atoms with Gasteiger partial charge in [-0.05, 0) is 45.7 Å². The summed E-state index contributed by atoms with van der Waals surface area (Å²) in [5, 5.41) is 3.29. The lowest BCUT2D eigenvalue weighted by molar-refractivity contribution is 0.368. The summed E-state index contributed by atoms with van der Waals surface area (Å²) in [5.74, 6) is 0.269. The van der Waals surface area contributed by atoms with E-state index in [2.05, 4.69) is 19.2 Å². The third-order valence-corrected chi connectivity index (χ3v) is 5.24. The number of rotatable bonds is 11. The second kappa shape index (κ2) is 9.75. The zero-order chi connectivity index (χ0) is 14.0. The fraction of sp³-hybridized carbons (Fsp3) is 1.00. The van der Waals surface area contributed by atoms with E-state index in [1.54, 1.807) is 7.05 Å². The lowest BCUT2D eigenvalue weighted by Gasteiger charge is -2.23. The third kappa shape index (κ3) is 7.34. The van der Waals surface area contributed by atoms with Gasteiger partial charge in [-0.1, -0.05) is 20.3 Å². The summed E-state index contributed by atoms with van der Waals surface area (Å²) < 4.78 is 25.6. The van der Waals surface area contributed by atoms with Crippen LogP contribution in [0.3, 0.4) is 0 Å². The highest BCUT2D eigenvalue weighted by molar-refractivity contribution is 7.89. The molecule has 0 aliphatic carbocycles. The SMILES string of the molecule is CCCNCCCCS(=O)(=O)N(C)C(C)CCC. The minimum atomic E-state index is -3.07. The monoisotopic (exact) mass is 278 g/mol. The van der Waals surface area contributed by atoms with Gasteiger partial charge in [0.15, 0.2) is 0 Å². The molecule has 0 aromatic carbocycles. The fourth-order valence-electron chi connectivity index (χ4n) is 1.85. The first kappa shape index (κ1) is 17.9. The molecule has 0 aliphatic heterocycles. The Morgan fingerprint density at radius 3 is 2.33 bits per heavy atom. The maximum atomic E-state index is 12.0. The van der Waals surface area contributed by atoms with Gasteiger partial charge in [-0.2, -0.15) is 0 Å². The smallest absolute Gasteiger partial charge is 0.214 e. The maximum absolute atomic E-state index is 12.0. The molecule has 1 N–H and O–H groups in total. The first-order chi connectivity index (χ1) is 8.45. The molecular formula is C13H30N2O2S. The molecule has 5 heteroatoms. The second-order valence-corrected chi connectivity index (χ2v) is 7.08. The molecule has 0 rings (SSSR count). The summed E-state index contributed by atoms with van der Waals surface area (Å²) in [5.41, 5.74) is 0. The standard InChI is InChI=1S/C13H30N2O2S/c1-5-9-13(3)15(4)18(16,17)12-8-7-11-14-10-6-2/h13-14H,5-12H2,1-4H3. The van der Waals surface area contributed by atoms with Crippen molar-refractivity contribution in [2.24, 2.45) is 0 Å². The van der Waals surface area contributed by atoms with Crippen molar-refractivity contribution in [1.82, 2.24) is 9.62 Å². The molecule has 0 aromatic rings. The molecule has 18 heavy (non-hydrogen) atoms. The Bertz CT molecular complexity index is 291. The second-order valence-electron chi connectivity index (χ2n) is 4.93. The molecule has 0 bridgehead atoms. The van der Waals surface area contributed by atoms with Crippen LogP contribution in [-0.4, -0.2) is 44.7 Å². The summed E-state index contributed by atoms with van der Waals surface area (Å²) in [4.78, 5) is 0. The van der Waals surface area contributed by atoms with Crippen molar-refractivity contribution in [3.8, 4) is 0 Å². The molecule has 0 radical (unpaired) electrons. The van der Waals surface area contributed by atoms with Crippen LogP contribution in [-0.2, 0) is 10.0 Å². The first-order valence-electron chi connectivity index (χ1n) is 7.12. The van der Waals surface area contributed by atoms with Gasteiger partial charge in [0.05, 0.1) is 5.75 Å². The zero-order valence-electron chi connectivity index (χ0n) is 12.4. The van der Waals surface area contributed by atoms with E-state index in [0.29, 0.717) is 0 Å². The average molecular weight is 278 g/mol.